The fourth-order valence-electron chi connectivity index (χ4n) is 3.01. The standard InChI is InChI=1S/C22H17N3O4S2/c1-14-6-8-15(9-7-14)13-24-21(26)19(31-22(24)27)12-16-10-11-20(30-16)23-17-4-2-3-5-18(17)25(28)29/h2-12,23H,13H2,1H3/b19-12-. The Morgan fingerprint density at radius 2 is 1.81 bits per heavy atom. The van der Waals surface area contributed by atoms with E-state index in [1.54, 1.807) is 36.4 Å². The fraction of sp³-hybridized carbons (Fsp3) is 0.0909. The van der Waals surface area contributed by atoms with E-state index in [9.17, 15) is 19.7 Å². The zero-order valence-corrected chi connectivity index (χ0v) is 18.0. The number of hydrogen-bond donors (Lipinski definition) is 1. The van der Waals surface area contributed by atoms with Crippen molar-refractivity contribution in [2.24, 2.45) is 0 Å². The third-order valence-electron chi connectivity index (χ3n) is 4.59. The molecule has 1 aliphatic rings. The molecule has 4 rings (SSSR count). The predicted molar refractivity (Wildman–Crippen MR) is 123 cm³/mol. The van der Waals surface area contributed by atoms with Gasteiger partial charge in [0, 0.05) is 10.9 Å². The third-order valence-corrected chi connectivity index (χ3v) is 6.45. The van der Waals surface area contributed by atoms with Crippen LogP contribution in [-0.2, 0) is 11.3 Å². The first kappa shape index (κ1) is 20.8. The molecular weight excluding hydrogens is 434 g/mol. The van der Waals surface area contributed by atoms with Gasteiger partial charge in [-0.3, -0.25) is 24.6 Å². The van der Waals surface area contributed by atoms with Gasteiger partial charge in [-0.1, -0.05) is 42.0 Å². The lowest BCUT2D eigenvalue weighted by molar-refractivity contribution is -0.383. The van der Waals surface area contributed by atoms with Crippen molar-refractivity contribution in [1.82, 2.24) is 4.90 Å². The van der Waals surface area contributed by atoms with Gasteiger partial charge in [-0.25, -0.2) is 0 Å². The van der Waals surface area contributed by atoms with E-state index in [0.717, 1.165) is 27.8 Å². The summed E-state index contributed by atoms with van der Waals surface area (Å²) in [5.41, 5.74) is 2.37. The highest BCUT2D eigenvalue weighted by molar-refractivity contribution is 8.18. The first-order valence-corrected chi connectivity index (χ1v) is 11.0. The van der Waals surface area contributed by atoms with Crippen molar-refractivity contribution in [2.45, 2.75) is 13.5 Å². The minimum atomic E-state index is -0.444. The van der Waals surface area contributed by atoms with Gasteiger partial charge in [-0.15, -0.1) is 11.3 Å². The number of benzene rings is 2. The van der Waals surface area contributed by atoms with E-state index in [2.05, 4.69) is 5.32 Å². The third kappa shape index (κ3) is 4.68. The number of nitro groups is 1. The summed E-state index contributed by atoms with van der Waals surface area (Å²) >= 11 is 2.25. The van der Waals surface area contributed by atoms with Crippen LogP contribution in [0.3, 0.4) is 0 Å². The van der Waals surface area contributed by atoms with Crippen molar-refractivity contribution >= 4 is 56.7 Å². The van der Waals surface area contributed by atoms with Crippen molar-refractivity contribution in [2.75, 3.05) is 5.32 Å². The van der Waals surface area contributed by atoms with E-state index in [1.807, 2.05) is 31.2 Å². The Morgan fingerprint density at radius 1 is 1.06 bits per heavy atom. The van der Waals surface area contributed by atoms with Gasteiger partial charge in [-0.05, 0) is 48.5 Å². The minimum absolute atomic E-state index is 0.0188. The normalized spacial score (nSPS) is 15.0. The topological polar surface area (TPSA) is 92.6 Å². The zero-order valence-electron chi connectivity index (χ0n) is 16.4. The van der Waals surface area contributed by atoms with E-state index < -0.39 is 4.92 Å². The molecule has 3 aromatic rings. The molecule has 0 aliphatic carbocycles. The number of amides is 2. The van der Waals surface area contributed by atoms with Crippen LogP contribution in [0.2, 0.25) is 0 Å². The lowest BCUT2D eigenvalue weighted by atomic mass is 10.1. The van der Waals surface area contributed by atoms with Gasteiger partial charge in [0.25, 0.3) is 16.8 Å². The number of aryl methyl sites for hydroxylation is 1. The molecule has 0 saturated carbocycles. The molecule has 31 heavy (non-hydrogen) atoms. The molecule has 7 nitrogen and oxygen atoms in total. The van der Waals surface area contributed by atoms with E-state index in [0.29, 0.717) is 15.6 Å². The largest absolute Gasteiger partial charge is 0.342 e. The number of nitrogens with zero attached hydrogens (tertiary/aromatic N) is 2. The number of anilines is 2. The molecule has 0 spiro atoms. The first-order valence-electron chi connectivity index (χ1n) is 9.32. The average Bonchev–Trinajstić information content (AvgIpc) is 3.29. The highest BCUT2D eigenvalue weighted by atomic mass is 32.2. The molecule has 1 aliphatic heterocycles. The summed E-state index contributed by atoms with van der Waals surface area (Å²) < 4.78 is 0. The van der Waals surface area contributed by atoms with Crippen LogP contribution in [0.1, 0.15) is 16.0 Å². The Morgan fingerprint density at radius 3 is 2.55 bits per heavy atom. The first-order chi connectivity index (χ1) is 14.9. The molecule has 1 N–H and O–H groups in total. The number of thioether (sulfide) groups is 1. The Balaban J connectivity index is 1.49. The number of carbonyl (C=O) groups excluding carboxylic acids is 2. The summed E-state index contributed by atoms with van der Waals surface area (Å²) in [6.45, 7) is 2.21. The molecule has 0 bridgehead atoms. The van der Waals surface area contributed by atoms with Gasteiger partial charge >= 0.3 is 0 Å². The van der Waals surface area contributed by atoms with Crippen LogP contribution in [0.5, 0.6) is 0 Å². The minimum Gasteiger partial charge on any atom is -0.342 e. The molecule has 2 heterocycles. The average molecular weight is 452 g/mol. The van der Waals surface area contributed by atoms with E-state index in [4.69, 9.17) is 0 Å². The Kier molecular flexibility index (Phi) is 5.88. The molecular formula is C22H17N3O4S2. The van der Waals surface area contributed by atoms with Crippen LogP contribution in [-0.4, -0.2) is 21.0 Å². The van der Waals surface area contributed by atoms with Crippen molar-refractivity contribution < 1.29 is 14.5 Å². The van der Waals surface area contributed by atoms with Crippen LogP contribution < -0.4 is 5.32 Å². The van der Waals surface area contributed by atoms with Crippen LogP contribution in [0.15, 0.2) is 65.6 Å². The molecule has 9 heteroatoms. The van der Waals surface area contributed by atoms with Crippen LogP contribution in [0.25, 0.3) is 6.08 Å². The molecule has 1 fully saturated rings. The molecule has 1 saturated heterocycles. The van der Waals surface area contributed by atoms with E-state index in [1.165, 1.54) is 22.3 Å². The maximum Gasteiger partial charge on any atom is 0.293 e. The molecule has 0 atom stereocenters. The van der Waals surface area contributed by atoms with Crippen molar-refractivity contribution in [3.63, 3.8) is 0 Å². The summed E-state index contributed by atoms with van der Waals surface area (Å²) in [7, 11) is 0. The molecule has 0 unspecified atom stereocenters. The molecule has 1 aromatic heterocycles. The van der Waals surface area contributed by atoms with Gasteiger partial charge in [0.15, 0.2) is 0 Å². The summed E-state index contributed by atoms with van der Waals surface area (Å²) in [5, 5.41) is 14.6. The summed E-state index contributed by atoms with van der Waals surface area (Å²) in [4.78, 5) is 38.2. The van der Waals surface area contributed by atoms with Gasteiger partial charge in [0.05, 0.1) is 21.4 Å². The maximum atomic E-state index is 12.7. The van der Waals surface area contributed by atoms with E-state index in [-0.39, 0.29) is 23.4 Å². The smallest absolute Gasteiger partial charge is 0.293 e. The second-order valence-corrected chi connectivity index (χ2v) is 8.96. The van der Waals surface area contributed by atoms with Gasteiger partial charge in [-0.2, -0.15) is 0 Å². The number of para-hydroxylation sites is 2. The lowest BCUT2D eigenvalue weighted by Gasteiger charge is -2.12. The number of nitro benzene ring substituents is 1. The van der Waals surface area contributed by atoms with Crippen molar-refractivity contribution in [1.29, 1.82) is 0 Å². The molecule has 156 valence electrons. The summed E-state index contributed by atoms with van der Waals surface area (Å²) in [5.74, 6) is -0.322. The van der Waals surface area contributed by atoms with E-state index >= 15 is 0 Å². The van der Waals surface area contributed by atoms with Crippen molar-refractivity contribution in [3.8, 4) is 0 Å². The molecule has 2 aromatic carbocycles. The van der Waals surface area contributed by atoms with Gasteiger partial charge in [0.1, 0.15) is 5.69 Å². The Labute approximate surface area is 186 Å². The second-order valence-electron chi connectivity index (χ2n) is 6.85. The fourth-order valence-corrected chi connectivity index (χ4v) is 4.78. The van der Waals surface area contributed by atoms with Crippen molar-refractivity contribution in [3.05, 3.63) is 91.7 Å². The zero-order chi connectivity index (χ0) is 22.0. The number of imide groups is 1. The highest BCUT2D eigenvalue weighted by Gasteiger charge is 2.35. The summed E-state index contributed by atoms with van der Waals surface area (Å²) in [6.07, 6.45) is 1.68. The molecule has 0 radical (unpaired) electrons. The number of carbonyl (C=O) groups is 2. The number of nitrogens with one attached hydrogen (secondary N) is 1. The number of rotatable bonds is 6. The van der Waals surface area contributed by atoms with Crippen LogP contribution in [0.4, 0.5) is 21.2 Å². The quantitative estimate of drug-likeness (QED) is 0.283. The maximum absolute atomic E-state index is 12.7. The van der Waals surface area contributed by atoms with Gasteiger partial charge in [0.2, 0.25) is 0 Å². The predicted octanol–water partition coefficient (Wildman–Crippen LogP) is 5.94. The highest BCUT2D eigenvalue weighted by Crippen LogP contribution is 2.36. The SMILES string of the molecule is Cc1ccc(CN2C(=O)S/C(=C\c3ccc(Nc4ccccc4[N+](=O)[O-])s3)C2=O)cc1. The monoisotopic (exact) mass is 451 g/mol. The second kappa shape index (κ2) is 8.75. The Bertz CT molecular complexity index is 1200. The van der Waals surface area contributed by atoms with Gasteiger partial charge < -0.3 is 5.32 Å². The molecule has 2 amide bonds. The lowest BCUT2D eigenvalue weighted by Crippen LogP contribution is -2.27. The number of hydrogen-bond acceptors (Lipinski definition) is 7. The number of thiophene rings is 1. The summed E-state index contributed by atoms with van der Waals surface area (Å²) in [6, 6.07) is 17.7. The van der Waals surface area contributed by atoms with Crippen LogP contribution >= 0.6 is 23.1 Å². The van der Waals surface area contributed by atoms with Crippen LogP contribution in [0, 0.1) is 17.0 Å². The Hall–Kier alpha value is -3.43.